The third-order valence-electron chi connectivity index (χ3n) is 4.45. The molecule has 5 nitrogen and oxygen atoms in total. The molecule has 2 aromatic carbocycles. The van der Waals surface area contributed by atoms with Crippen LogP contribution < -0.4 is 14.8 Å². The molecule has 142 valence electrons. The third kappa shape index (κ3) is 3.68. The molecule has 0 saturated heterocycles. The standard InChI is InChI=1S/C22H21N3O2S/c1-3-4-13-27-18-8-6-5-7-17(18)14-19-21(26)25-22(28-19)23-20(24-25)16-11-9-15(2)10-12-16/h5-12,14H,3-4,13H2,1-2H3/b19-14+. The van der Waals surface area contributed by atoms with Gasteiger partial charge in [0, 0.05) is 11.1 Å². The number of nitrogens with zero attached hydrogens (tertiary/aromatic N) is 3. The number of thiazole rings is 1. The normalized spacial score (nSPS) is 12.0. The minimum absolute atomic E-state index is 0.158. The fourth-order valence-electron chi connectivity index (χ4n) is 2.86. The Morgan fingerprint density at radius 3 is 2.68 bits per heavy atom. The summed E-state index contributed by atoms with van der Waals surface area (Å²) in [6.45, 7) is 4.83. The fraction of sp³-hybridized carbons (Fsp3) is 0.227. The number of aryl methyl sites for hydroxylation is 1. The number of rotatable bonds is 6. The molecule has 0 saturated carbocycles. The van der Waals surface area contributed by atoms with Crippen LogP contribution in [0.3, 0.4) is 0 Å². The Morgan fingerprint density at radius 1 is 1.14 bits per heavy atom. The van der Waals surface area contributed by atoms with Crippen LogP contribution >= 0.6 is 11.3 Å². The quantitative estimate of drug-likeness (QED) is 0.469. The van der Waals surface area contributed by atoms with E-state index in [1.165, 1.54) is 21.4 Å². The molecule has 0 fully saturated rings. The second kappa shape index (κ2) is 7.94. The first-order chi connectivity index (χ1) is 13.7. The first-order valence-electron chi connectivity index (χ1n) is 9.36. The highest BCUT2D eigenvalue weighted by atomic mass is 32.1. The summed E-state index contributed by atoms with van der Waals surface area (Å²) in [5.74, 6) is 1.35. The number of ether oxygens (including phenoxy) is 1. The van der Waals surface area contributed by atoms with Crippen molar-refractivity contribution >= 4 is 22.4 Å². The number of unbranched alkanes of at least 4 members (excludes halogenated alkanes) is 1. The summed E-state index contributed by atoms with van der Waals surface area (Å²) >= 11 is 1.34. The predicted molar refractivity (Wildman–Crippen MR) is 113 cm³/mol. The van der Waals surface area contributed by atoms with Gasteiger partial charge in [-0.2, -0.15) is 9.50 Å². The molecule has 0 aliphatic heterocycles. The Labute approximate surface area is 166 Å². The lowest BCUT2D eigenvalue weighted by Crippen LogP contribution is -2.23. The maximum atomic E-state index is 12.8. The van der Waals surface area contributed by atoms with E-state index in [-0.39, 0.29) is 5.56 Å². The number of para-hydroxylation sites is 1. The lowest BCUT2D eigenvalue weighted by atomic mass is 10.1. The smallest absolute Gasteiger partial charge is 0.291 e. The zero-order valence-corrected chi connectivity index (χ0v) is 16.7. The van der Waals surface area contributed by atoms with Gasteiger partial charge in [0.15, 0.2) is 5.82 Å². The van der Waals surface area contributed by atoms with Crippen molar-refractivity contribution in [1.29, 1.82) is 0 Å². The number of benzene rings is 2. The van der Waals surface area contributed by atoms with Gasteiger partial charge in [-0.05, 0) is 25.5 Å². The van der Waals surface area contributed by atoms with Crippen molar-refractivity contribution in [3.8, 4) is 17.1 Å². The molecular weight excluding hydrogens is 370 g/mol. The Hall–Kier alpha value is -2.99. The van der Waals surface area contributed by atoms with E-state index >= 15 is 0 Å². The Bertz CT molecular complexity index is 1210. The molecule has 0 aliphatic carbocycles. The summed E-state index contributed by atoms with van der Waals surface area (Å²) < 4.78 is 7.84. The Morgan fingerprint density at radius 2 is 1.93 bits per heavy atom. The predicted octanol–water partition coefficient (Wildman–Crippen LogP) is 3.85. The van der Waals surface area contributed by atoms with Gasteiger partial charge in [0.2, 0.25) is 4.96 Å². The van der Waals surface area contributed by atoms with E-state index in [0.717, 1.165) is 29.7 Å². The van der Waals surface area contributed by atoms with Crippen molar-refractivity contribution in [2.45, 2.75) is 26.7 Å². The van der Waals surface area contributed by atoms with Gasteiger partial charge in [0.1, 0.15) is 5.75 Å². The van der Waals surface area contributed by atoms with E-state index in [9.17, 15) is 4.79 Å². The molecular formula is C22H21N3O2S. The fourth-order valence-corrected chi connectivity index (χ4v) is 3.76. The molecule has 2 aromatic heterocycles. The van der Waals surface area contributed by atoms with Crippen molar-refractivity contribution in [3.05, 3.63) is 74.5 Å². The van der Waals surface area contributed by atoms with E-state index in [2.05, 4.69) is 17.0 Å². The maximum Gasteiger partial charge on any atom is 0.291 e. The van der Waals surface area contributed by atoms with Gasteiger partial charge in [-0.3, -0.25) is 4.79 Å². The van der Waals surface area contributed by atoms with Gasteiger partial charge in [0.05, 0.1) is 11.1 Å². The molecule has 4 aromatic rings. The van der Waals surface area contributed by atoms with Crippen LogP contribution in [0, 0.1) is 6.92 Å². The summed E-state index contributed by atoms with van der Waals surface area (Å²) in [6.07, 6.45) is 3.93. The lowest BCUT2D eigenvalue weighted by Gasteiger charge is -2.07. The van der Waals surface area contributed by atoms with Crippen molar-refractivity contribution in [2.24, 2.45) is 0 Å². The number of fused-ring (bicyclic) bond motifs is 1. The summed E-state index contributed by atoms with van der Waals surface area (Å²) in [5, 5.41) is 4.41. The number of hydrogen-bond donors (Lipinski definition) is 0. The molecule has 4 rings (SSSR count). The Kier molecular flexibility index (Phi) is 5.21. The number of hydrogen-bond acceptors (Lipinski definition) is 5. The van der Waals surface area contributed by atoms with E-state index in [0.29, 0.717) is 21.9 Å². The summed E-state index contributed by atoms with van der Waals surface area (Å²) in [6, 6.07) is 15.7. The van der Waals surface area contributed by atoms with E-state index in [1.54, 1.807) is 0 Å². The van der Waals surface area contributed by atoms with Crippen molar-refractivity contribution in [2.75, 3.05) is 6.61 Å². The number of aromatic nitrogens is 3. The van der Waals surface area contributed by atoms with Gasteiger partial charge in [0.25, 0.3) is 5.56 Å². The second-order valence-corrected chi connectivity index (χ2v) is 7.66. The monoisotopic (exact) mass is 391 g/mol. The SMILES string of the molecule is CCCCOc1ccccc1/C=c1/sc2nc(-c3ccc(C)cc3)nn2c1=O. The average molecular weight is 391 g/mol. The van der Waals surface area contributed by atoms with E-state index in [1.807, 2.05) is 61.5 Å². The molecule has 0 unspecified atom stereocenters. The minimum atomic E-state index is -0.158. The maximum absolute atomic E-state index is 12.8. The van der Waals surface area contributed by atoms with Crippen LogP contribution in [0.4, 0.5) is 0 Å². The zero-order chi connectivity index (χ0) is 19.5. The summed E-state index contributed by atoms with van der Waals surface area (Å²) in [5.41, 5.74) is 2.81. The van der Waals surface area contributed by atoms with Gasteiger partial charge in [-0.1, -0.05) is 72.7 Å². The lowest BCUT2D eigenvalue weighted by molar-refractivity contribution is 0.309. The molecule has 0 atom stereocenters. The average Bonchev–Trinajstić information content (AvgIpc) is 3.24. The summed E-state index contributed by atoms with van der Waals surface area (Å²) in [4.78, 5) is 17.9. The van der Waals surface area contributed by atoms with Crippen LogP contribution in [-0.4, -0.2) is 21.2 Å². The van der Waals surface area contributed by atoms with Gasteiger partial charge in [-0.25, -0.2) is 0 Å². The second-order valence-electron chi connectivity index (χ2n) is 6.65. The van der Waals surface area contributed by atoms with Crippen LogP contribution in [0.1, 0.15) is 30.9 Å². The molecule has 0 aliphatic rings. The molecule has 0 amide bonds. The van der Waals surface area contributed by atoms with Crippen LogP contribution in [0.2, 0.25) is 0 Å². The Balaban J connectivity index is 1.71. The third-order valence-corrected chi connectivity index (χ3v) is 5.41. The van der Waals surface area contributed by atoms with Gasteiger partial charge in [-0.15, -0.1) is 5.10 Å². The van der Waals surface area contributed by atoms with Gasteiger partial charge < -0.3 is 4.74 Å². The molecule has 2 heterocycles. The zero-order valence-electron chi connectivity index (χ0n) is 15.9. The highest BCUT2D eigenvalue weighted by molar-refractivity contribution is 7.15. The molecule has 6 heteroatoms. The topological polar surface area (TPSA) is 56.5 Å². The van der Waals surface area contributed by atoms with Crippen LogP contribution in [0.25, 0.3) is 22.4 Å². The molecule has 0 bridgehead atoms. The van der Waals surface area contributed by atoms with Gasteiger partial charge >= 0.3 is 0 Å². The van der Waals surface area contributed by atoms with E-state index < -0.39 is 0 Å². The molecule has 0 N–H and O–H groups in total. The van der Waals surface area contributed by atoms with Crippen molar-refractivity contribution in [3.63, 3.8) is 0 Å². The van der Waals surface area contributed by atoms with Crippen LogP contribution in [-0.2, 0) is 0 Å². The molecule has 28 heavy (non-hydrogen) atoms. The van der Waals surface area contributed by atoms with Crippen molar-refractivity contribution < 1.29 is 4.74 Å². The van der Waals surface area contributed by atoms with Crippen LogP contribution in [0.15, 0.2) is 53.3 Å². The highest BCUT2D eigenvalue weighted by Crippen LogP contribution is 2.20. The first-order valence-corrected chi connectivity index (χ1v) is 10.2. The minimum Gasteiger partial charge on any atom is -0.493 e. The molecule has 0 radical (unpaired) electrons. The summed E-state index contributed by atoms with van der Waals surface area (Å²) in [7, 11) is 0. The van der Waals surface area contributed by atoms with E-state index in [4.69, 9.17) is 4.74 Å². The van der Waals surface area contributed by atoms with Crippen molar-refractivity contribution in [1.82, 2.24) is 14.6 Å². The molecule has 0 spiro atoms. The highest BCUT2D eigenvalue weighted by Gasteiger charge is 2.12. The van der Waals surface area contributed by atoms with Crippen LogP contribution in [0.5, 0.6) is 5.75 Å². The largest absolute Gasteiger partial charge is 0.493 e. The first kappa shape index (κ1) is 18.4.